The number of anilines is 1. The van der Waals surface area contributed by atoms with Gasteiger partial charge in [0, 0.05) is 19.0 Å². The standard InChI is InChI=1S/C13H16N4O2/c1-19-7-6-14-13(18)9-15-12-8-16-17-11-5-3-2-4-10(11)12/h2-5,8H,6-7,9H2,1H3,(H,14,18)(H,15,17). The van der Waals surface area contributed by atoms with E-state index in [1.54, 1.807) is 13.3 Å². The van der Waals surface area contributed by atoms with Crippen molar-refractivity contribution in [2.45, 2.75) is 0 Å². The SMILES string of the molecule is COCCNC(=O)CNc1cnnc2ccccc12. The van der Waals surface area contributed by atoms with Crippen molar-refractivity contribution in [1.29, 1.82) is 0 Å². The number of nitrogens with zero attached hydrogens (tertiary/aromatic N) is 2. The average Bonchev–Trinajstić information content (AvgIpc) is 2.45. The van der Waals surface area contributed by atoms with Gasteiger partial charge in [0.25, 0.3) is 0 Å². The van der Waals surface area contributed by atoms with Gasteiger partial charge in [0.2, 0.25) is 5.91 Å². The van der Waals surface area contributed by atoms with Crippen molar-refractivity contribution in [1.82, 2.24) is 15.5 Å². The maximum atomic E-state index is 11.6. The minimum Gasteiger partial charge on any atom is -0.383 e. The summed E-state index contributed by atoms with van der Waals surface area (Å²) in [7, 11) is 1.60. The summed E-state index contributed by atoms with van der Waals surface area (Å²) in [4.78, 5) is 11.6. The Bertz CT molecular complexity index is 554. The first-order valence-corrected chi connectivity index (χ1v) is 6.01. The number of hydrogen-bond acceptors (Lipinski definition) is 5. The Balaban J connectivity index is 1.96. The smallest absolute Gasteiger partial charge is 0.239 e. The number of aromatic nitrogens is 2. The third kappa shape index (κ3) is 3.62. The highest BCUT2D eigenvalue weighted by molar-refractivity contribution is 5.92. The normalized spacial score (nSPS) is 10.4. The van der Waals surface area contributed by atoms with E-state index in [2.05, 4.69) is 20.8 Å². The van der Waals surface area contributed by atoms with E-state index >= 15 is 0 Å². The molecule has 0 saturated heterocycles. The van der Waals surface area contributed by atoms with Crippen molar-refractivity contribution in [3.8, 4) is 0 Å². The molecule has 6 heteroatoms. The minimum absolute atomic E-state index is 0.0852. The number of ether oxygens (including phenoxy) is 1. The van der Waals surface area contributed by atoms with Crippen LogP contribution in [-0.2, 0) is 9.53 Å². The molecule has 2 aromatic rings. The van der Waals surface area contributed by atoms with Crippen LogP contribution in [0, 0.1) is 0 Å². The third-order valence-corrected chi connectivity index (χ3v) is 2.61. The number of amides is 1. The zero-order valence-corrected chi connectivity index (χ0v) is 10.7. The van der Waals surface area contributed by atoms with Crippen molar-refractivity contribution < 1.29 is 9.53 Å². The molecule has 1 aromatic carbocycles. The van der Waals surface area contributed by atoms with Crippen LogP contribution in [0.3, 0.4) is 0 Å². The van der Waals surface area contributed by atoms with Gasteiger partial charge in [-0.1, -0.05) is 18.2 Å². The molecule has 0 aliphatic rings. The summed E-state index contributed by atoms with van der Waals surface area (Å²) < 4.78 is 4.86. The number of benzene rings is 1. The molecule has 0 spiro atoms. The topological polar surface area (TPSA) is 76.1 Å². The summed E-state index contributed by atoms with van der Waals surface area (Å²) in [5.41, 5.74) is 1.60. The fraction of sp³-hybridized carbons (Fsp3) is 0.308. The lowest BCUT2D eigenvalue weighted by atomic mass is 10.2. The molecule has 19 heavy (non-hydrogen) atoms. The van der Waals surface area contributed by atoms with E-state index in [0.29, 0.717) is 13.2 Å². The van der Waals surface area contributed by atoms with Gasteiger partial charge in [-0.25, -0.2) is 0 Å². The molecule has 1 aromatic heterocycles. The summed E-state index contributed by atoms with van der Waals surface area (Å²) in [5.74, 6) is -0.0852. The highest BCUT2D eigenvalue weighted by atomic mass is 16.5. The second-order valence-corrected chi connectivity index (χ2v) is 3.97. The average molecular weight is 260 g/mol. The Morgan fingerprint density at radius 2 is 2.21 bits per heavy atom. The van der Waals surface area contributed by atoms with E-state index < -0.39 is 0 Å². The fourth-order valence-corrected chi connectivity index (χ4v) is 1.68. The largest absolute Gasteiger partial charge is 0.383 e. The molecule has 0 atom stereocenters. The fourth-order valence-electron chi connectivity index (χ4n) is 1.68. The van der Waals surface area contributed by atoms with Crippen LogP contribution in [0.15, 0.2) is 30.5 Å². The molecule has 0 aliphatic heterocycles. The van der Waals surface area contributed by atoms with Gasteiger partial charge in [0.1, 0.15) is 0 Å². The number of hydrogen-bond donors (Lipinski definition) is 2. The van der Waals surface area contributed by atoms with Gasteiger partial charge in [-0.15, -0.1) is 0 Å². The van der Waals surface area contributed by atoms with E-state index in [9.17, 15) is 4.79 Å². The zero-order valence-electron chi connectivity index (χ0n) is 10.7. The van der Waals surface area contributed by atoms with Crippen molar-refractivity contribution >= 4 is 22.5 Å². The maximum Gasteiger partial charge on any atom is 0.239 e. The van der Waals surface area contributed by atoms with Crippen LogP contribution in [-0.4, -0.2) is 42.9 Å². The number of fused-ring (bicyclic) bond motifs is 1. The van der Waals surface area contributed by atoms with Gasteiger partial charge in [-0.05, 0) is 6.07 Å². The first kappa shape index (κ1) is 13.2. The first-order valence-electron chi connectivity index (χ1n) is 6.01. The molecule has 100 valence electrons. The minimum atomic E-state index is -0.0852. The third-order valence-electron chi connectivity index (χ3n) is 2.61. The predicted octanol–water partition coefficient (Wildman–Crippen LogP) is 0.804. The Hall–Kier alpha value is -2.21. The predicted molar refractivity (Wildman–Crippen MR) is 72.9 cm³/mol. The van der Waals surface area contributed by atoms with Crippen LogP contribution in [0.4, 0.5) is 5.69 Å². The van der Waals surface area contributed by atoms with E-state index in [1.807, 2.05) is 24.3 Å². The number of carbonyl (C=O) groups excluding carboxylic acids is 1. The highest BCUT2D eigenvalue weighted by Gasteiger charge is 2.04. The zero-order chi connectivity index (χ0) is 13.5. The Labute approximate surface area is 111 Å². The van der Waals surface area contributed by atoms with Crippen molar-refractivity contribution in [2.24, 2.45) is 0 Å². The van der Waals surface area contributed by atoms with Crippen LogP contribution in [0.1, 0.15) is 0 Å². The summed E-state index contributed by atoms with van der Waals surface area (Å²) in [6.45, 7) is 1.21. The van der Waals surface area contributed by atoms with Gasteiger partial charge in [-0.2, -0.15) is 10.2 Å². The van der Waals surface area contributed by atoms with Crippen LogP contribution < -0.4 is 10.6 Å². The second-order valence-electron chi connectivity index (χ2n) is 3.97. The molecule has 2 rings (SSSR count). The molecule has 2 N–H and O–H groups in total. The van der Waals surface area contributed by atoms with E-state index in [-0.39, 0.29) is 12.5 Å². The Morgan fingerprint density at radius 3 is 3.05 bits per heavy atom. The lowest BCUT2D eigenvalue weighted by Gasteiger charge is -2.08. The molecule has 0 unspecified atom stereocenters. The van der Waals surface area contributed by atoms with Gasteiger partial charge in [0.15, 0.2) is 0 Å². The molecular weight excluding hydrogens is 244 g/mol. The number of methoxy groups -OCH3 is 1. The first-order chi connectivity index (χ1) is 9.31. The molecule has 0 bridgehead atoms. The quantitative estimate of drug-likeness (QED) is 0.751. The van der Waals surface area contributed by atoms with Crippen molar-refractivity contribution in [2.75, 3.05) is 32.1 Å². The van der Waals surface area contributed by atoms with Gasteiger partial charge in [-0.3, -0.25) is 4.79 Å². The van der Waals surface area contributed by atoms with Crippen molar-refractivity contribution in [3.63, 3.8) is 0 Å². The molecular formula is C13H16N4O2. The van der Waals surface area contributed by atoms with Crippen LogP contribution >= 0.6 is 0 Å². The summed E-state index contributed by atoms with van der Waals surface area (Å²) in [6.07, 6.45) is 1.62. The summed E-state index contributed by atoms with van der Waals surface area (Å²) in [5, 5.41) is 14.7. The Kier molecular flexibility index (Phi) is 4.63. The lowest BCUT2D eigenvalue weighted by molar-refractivity contribution is -0.119. The maximum absolute atomic E-state index is 11.6. The molecule has 0 fully saturated rings. The summed E-state index contributed by atoms with van der Waals surface area (Å²) in [6, 6.07) is 7.65. The number of rotatable bonds is 6. The van der Waals surface area contributed by atoms with E-state index in [1.165, 1.54) is 0 Å². The van der Waals surface area contributed by atoms with E-state index in [4.69, 9.17) is 4.74 Å². The van der Waals surface area contributed by atoms with E-state index in [0.717, 1.165) is 16.6 Å². The second kappa shape index (κ2) is 6.65. The molecule has 0 radical (unpaired) electrons. The van der Waals surface area contributed by atoms with Crippen LogP contribution in [0.25, 0.3) is 10.9 Å². The lowest BCUT2D eigenvalue weighted by Crippen LogP contribution is -2.32. The highest BCUT2D eigenvalue weighted by Crippen LogP contribution is 2.19. The molecule has 1 amide bonds. The number of carbonyl (C=O) groups is 1. The molecule has 0 aliphatic carbocycles. The van der Waals surface area contributed by atoms with Gasteiger partial charge < -0.3 is 15.4 Å². The number of nitrogens with one attached hydrogen (secondary N) is 2. The summed E-state index contributed by atoms with van der Waals surface area (Å²) >= 11 is 0. The van der Waals surface area contributed by atoms with Crippen molar-refractivity contribution in [3.05, 3.63) is 30.5 Å². The van der Waals surface area contributed by atoms with Crippen LogP contribution in [0.2, 0.25) is 0 Å². The molecule has 0 saturated carbocycles. The monoisotopic (exact) mass is 260 g/mol. The van der Waals surface area contributed by atoms with Gasteiger partial charge >= 0.3 is 0 Å². The van der Waals surface area contributed by atoms with Crippen LogP contribution in [0.5, 0.6) is 0 Å². The van der Waals surface area contributed by atoms with Gasteiger partial charge in [0.05, 0.1) is 30.6 Å². The Morgan fingerprint density at radius 1 is 1.37 bits per heavy atom. The molecule has 6 nitrogen and oxygen atoms in total. The molecule has 1 heterocycles.